The molecule has 0 rings (SSSR count). The fourth-order valence-corrected chi connectivity index (χ4v) is 0.831. The minimum absolute atomic E-state index is 0. The van der Waals surface area contributed by atoms with Crippen LogP contribution in [-0.2, 0) is 19.3 Å². The van der Waals surface area contributed by atoms with Crippen molar-refractivity contribution in [2.75, 3.05) is 33.0 Å². The first-order valence-electron chi connectivity index (χ1n) is 5.79. The maximum atomic E-state index is 9.73. The van der Waals surface area contributed by atoms with E-state index in [-0.39, 0.29) is 49.4 Å². The first-order valence-corrected chi connectivity index (χ1v) is 7.12. The number of hydrogen-bond acceptors (Lipinski definition) is 7. The van der Waals surface area contributed by atoms with Crippen LogP contribution >= 0.6 is 0 Å². The Labute approximate surface area is 138 Å². The van der Waals surface area contributed by atoms with Crippen molar-refractivity contribution in [2.24, 2.45) is 0 Å². The molecule has 0 aromatic heterocycles. The van der Waals surface area contributed by atoms with Gasteiger partial charge in [-0.15, -0.1) is 0 Å². The summed E-state index contributed by atoms with van der Waals surface area (Å²) < 4.78 is 37.9. The third-order valence-electron chi connectivity index (χ3n) is 1.23. The van der Waals surface area contributed by atoms with E-state index in [1.54, 1.807) is 0 Å². The van der Waals surface area contributed by atoms with Gasteiger partial charge < -0.3 is 19.5 Å². The topological polar surface area (TPSA) is 116 Å². The minimum atomic E-state index is -4.45. The van der Waals surface area contributed by atoms with Gasteiger partial charge in [0.05, 0.1) is 19.8 Å². The van der Waals surface area contributed by atoms with Gasteiger partial charge in [0.25, 0.3) is 0 Å². The fourth-order valence-electron chi connectivity index (χ4n) is 0.509. The van der Waals surface area contributed by atoms with E-state index in [0.29, 0.717) is 6.42 Å². The second kappa shape index (κ2) is 23.8. The molecule has 114 valence electrons. The van der Waals surface area contributed by atoms with Crippen LogP contribution in [-0.4, -0.2) is 56.2 Å². The second-order valence-corrected chi connectivity index (χ2v) is 3.86. The number of hydrogen-bond donors (Lipinski definition) is 2. The molecule has 0 atom stereocenters. The number of aliphatic hydroxyl groups is 2. The second-order valence-electron chi connectivity index (χ2n) is 2.81. The molecule has 0 bridgehead atoms. The van der Waals surface area contributed by atoms with Crippen molar-refractivity contribution in [2.45, 2.75) is 33.6 Å². The molecule has 0 saturated carbocycles. The van der Waals surface area contributed by atoms with E-state index in [1.807, 2.05) is 20.8 Å². The van der Waals surface area contributed by atoms with E-state index in [0.717, 1.165) is 19.6 Å². The summed E-state index contributed by atoms with van der Waals surface area (Å²) in [6, 6.07) is 0. The van der Waals surface area contributed by atoms with Crippen LogP contribution in [0.1, 0.15) is 33.6 Å². The zero-order valence-corrected chi connectivity index (χ0v) is 15.1. The molecule has 0 spiro atoms. The minimum Gasteiger partial charge on any atom is -0.726 e. The Kier molecular flexibility index (Phi) is 35.1. The summed E-state index contributed by atoms with van der Waals surface area (Å²) in [4.78, 5) is 0. The predicted octanol–water partition coefficient (Wildman–Crippen LogP) is -2.72. The molecule has 9 heteroatoms. The van der Waals surface area contributed by atoms with E-state index < -0.39 is 10.4 Å². The maximum Gasteiger partial charge on any atom is 1.00 e. The molecule has 0 aromatic rings. The Bertz CT molecular complexity index is 218. The molecule has 0 unspecified atom stereocenters. The third-order valence-corrected chi connectivity index (χ3v) is 1.69. The van der Waals surface area contributed by atoms with E-state index in [4.69, 9.17) is 14.9 Å². The summed E-state index contributed by atoms with van der Waals surface area (Å²) in [7, 11) is -4.45. The quantitative estimate of drug-likeness (QED) is 0.227. The van der Waals surface area contributed by atoms with Crippen molar-refractivity contribution in [3.63, 3.8) is 0 Å². The van der Waals surface area contributed by atoms with E-state index in [1.165, 1.54) is 0 Å². The van der Waals surface area contributed by atoms with Crippen LogP contribution in [0.25, 0.3) is 0 Å². The summed E-state index contributed by atoms with van der Waals surface area (Å²) >= 11 is 0. The van der Waals surface area contributed by atoms with Crippen molar-refractivity contribution in [1.29, 1.82) is 0 Å². The van der Waals surface area contributed by atoms with Crippen molar-refractivity contribution >= 4 is 10.4 Å². The first-order chi connectivity index (χ1) is 8.39. The van der Waals surface area contributed by atoms with Gasteiger partial charge in [-0.25, -0.2) is 8.42 Å². The van der Waals surface area contributed by atoms with Crippen molar-refractivity contribution in [1.82, 2.24) is 0 Å². The standard InChI is InChI=1S/C4H10O4S.C4H10O.C2H6O2.Na/c1-2-3-4-8-9(5,6)7;1-3-5-4-2;3-1-2-4;/h2-4H2,1H3,(H,5,6,7);3-4H2,1-2H3;3-4H,1-2H2;/q;;;+1/p-1. The van der Waals surface area contributed by atoms with E-state index in [2.05, 4.69) is 4.18 Å². The predicted molar refractivity (Wildman–Crippen MR) is 66.9 cm³/mol. The summed E-state index contributed by atoms with van der Waals surface area (Å²) in [5.74, 6) is 0. The Morgan fingerprint density at radius 3 is 1.63 bits per heavy atom. The molecule has 0 aliphatic rings. The van der Waals surface area contributed by atoms with Gasteiger partial charge in [0.2, 0.25) is 10.4 Å². The van der Waals surface area contributed by atoms with Crippen LogP contribution < -0.4 is 29.6 Å². The third kappa shape index (κ3) is 55.3. The summed E-state index contributed by atoms with van der Waals surface area (Å²) in [6.07, 6.45) is 1.41. The molecule has 0 aromatic carbocycles. The average molecular weight is 312 g/mol. The molecule has 0 saturated heterocycles. The van der Waals surface area contributed by atoms with Gasteiger partial charge in [0, 0.05) is 13.2 Å². The van der Waals surface area contributed by atoms with Crippen LogP contribution in [0.3, 0.4) is 0 Å². The molecule has 0 radical (unpaired) electrons. The van der Waals surface area contributed by atoms with Crippen molar-refractivity contribution in [3.8, 4) is 0 Å². The molecule has 7 nitrogen and oxygen atoms in total. The molecular weight excluding hydrogens is 287 g/mol. The van der Waals surface area contributed by atoms with Gasteiger partial charge in [-0.1, -0.05) is 13.3 Å². The number of aliphatic hydroxyl groups excluding tert-OH is 2. The normalized spacial score (nSPS) is 9.37. The Hall–Kier alpha value is 0.750. The van der Waals surface area contributed by atoms with Crippen molar-refractivity contribution in [3.05, 3.63) is 0 Å². The van der Waals surface area contributed by atoms with Gasteiger partial charge in [-0.3, -0.25) is 4.18 Å². The molecule has 0 heterocycles. The van der Waals surface area contributed by atoms with Gasteiger partial charge in [-0.05, 0) is 20.3 Å². The van der Waals surface area contributed by atoms with E-state index >= 15 is 0 Å². The monoisotopic (exact) mass is 312 g/mol. The van der Waals surface area contributed by atoms with Gasteiger partial charge in [0.15, 0.2) is 0 Å². The molecular formula is C10H25NaO7S. The zero-order valence-electron chi connectivity index (χ0n) is 12.3. The van der Waals surface area contributed by atoms with Crippen LogP contribution in [0, 0.1) is 0 Å². The van der Waals surface area contributed by atoms with Crippen LogP contribution in [0.5, 0.6) is 0 Å². The molecule has 2 N–H and O–H groups in total. The number of unbranched alkanes of at least 4 members (excludes halogenated alkanes) is 1. The Morgan fingerprint density at radius 1 is 1.05 bits per heavy atom. The molecule has 0 amide bonds. The van der Waals surface area contributed by atoms with Gasteiger partial charge >= 0.3 is 29.6 Å². The Balaban J connectivity index is -0.0000000964. The fraction of sp³-hybridized carbons (Fsp3) is 1.00. The molecule has 19 heavy (non-hydrogen) atoms. The molecule has 0 aliphatic carbocycles. The largest absolute Gasteiger partial charge is 1.00 e. The van der Waals surface area contributed by atoms with Crippen LogP contribution in [0.15, 0.2) is 0 Å². The number of ether oxygens (including phenoxy) is 1. The van der Waals surface area contributed by atoms with Crippen LogP contribution in [0.4, 0.5) is 0 Å². The van der Waals surface area contributed by atoms with E-state index in [9.17, 15) is 13.0 Å². The smallest absolute Gasteiger partial charge is 0.726 e. The zero-order chi connectivity index (χ0) is 14.9. The van der Waals surface area contributed by atoms with Crippen molar-refractivity contribution < 1.29 is 61.7 Å². The molecule has 0 aliphatic heterocycles. The first kappa shape index (κ1) is 28.0. The maximum absolute atomic E-state index is 9.73. The van der Waals surface area contributed by atoms with Gasteiger partial charge in [-0.2, -0.15) is 0 Å². The summed E-state index contributed by atoms with van der Waals surface area (Å²) in [5, 5.41) is 15.2. The Morgan fingerprint density at radius 2 is 1.47 bits per heavy atom. The number of rotatable bonds is 7. The average Bonchev–Trinajstić information content (AvgIpc) is 2.30. The summed E-state index contributed by atoms with van der Waals surface area (Å²) in [6.45, 7) is 7.29. The van der Waals surface area contributed by atoms with Gasteiger partial charge in [0.1, 0.15) is 0 Å². The van der Waals surface area contributed by atoms with Crippen LogP contribution in [0.2, 0.25) is 0 Å². The SMILES string of the molecule is CCCCOS(=O)(=O)[O-].CCOCC.OCCO.[Na+]. The summed E-state index contributed by atoms with van der Waals surface area (Å²) in [5.41, 5.74) is 0. The molecule has 0 fully saturated rings.